The predicted octanol–water partition coefficient (Wildman–Crippen LogP) is 1.92. The van der Waals surface area contributed by atoms with Crippen molar-refractivity contribution < 1.29 is 27.5 Å². The Kier molecular flexibility index (Phi) is 7.64. The van der Waals surface area contributed by atoms with Crippen LogP contribution in [0.4, 0.5) is 0 Å². The average molecular weight is 447 g/mol. The lowest BCUT2D eigenvalue weighted by molar-refractivity contribution is -0.160. The van der Waals surface area contributed by atoms with Gasteiger partial charge < -0.3 is 14.4 Å². The van der Waals surface area contributed by atoms with Gasteiger partial charge in [-0.2, -0.15) is 4.31 Å². The lowest BCUT2D eigenvalue weighted by Crippen LogP contribution is -2.52. The minimum absolute atomic E-state index is 0.0234. The minimum Gasteiger partial charge on any atom is -0.493 e. The van der Waals surface area contributed by atoms with Crippen molar-refractivity contribution in [2.24, 2.45) is 0 Å². The molecule has 9 heteroatoms. The first-order valence-corrected chi connectivity index (χ1v) is 11.5. The number of piperazine rings is 1. The lowest BCUT2D eigenvalue weighted by Gasteiger charge is -2.35. The van der Waals surface area contributed by atoms with Crippen molar-refractivity contribution in [1.29, 1.82) is 0 Å². The van der Waals surface area contributed by atoms with Crippen molar-refractivity contribution in [2.75, 3.05) is 32.8 Å². The zero-order valence-corrected chi connectivity index (χ0v) is 18.2. The molecule has 0 aromatic heterocycles. The van der Waals surface area contributed by atoms with Crippen LogP contribution in [0.5, 0.6) is 5.75 Å². The van der Waals surface area contributed by atoms with Crippen LogP contribution < -0.4 is 4.74 Å². The molecule has 1 atom stereocenters. The molecule has 0 aliphatic carbocycles. The molecule has 1 saturated heterocycles. The monoisotopic (exact) mass is 446 g/mol. The van der Waals surface area contributed by atoms with Crippen LogP contribution in [0.2, 0.25) is 0 Å². The summed E-state index contributed by atoms with van der Waals surface area (Å²) in [4.78, 5) is 26.4. The molecule has 31 heavy (non-hydrogen) atoms. The molecule has 0 saturated carbocycles. The van der Waals surface area contributed by atoms with E-state index in [9.17, 15) is 18.0 Å². The Labute approximate surface area is 182 Å². The Balaban J connectivity index is 1.44. The Bertz CT molecular complexity index is 974. The lowest BCUT2D eigenvalue weighted by atomic mass is 10.3. The van der Waals surface area contributed by atoms with Crippen LogP contribution in [0.15, 0.2) is 65.6 Å². The highest BCUT2D eigenvalue weighted by atomic mass is 32.2. The first kappa shape index (κ1) is 22.8. The first-order valence-electron chi connectivity index (χ1n) is 10.1. The highest BCUT2D eigenvalue weighted by molar-refractivity contribution is 7.89. The number of sulfonamides is 1. The molecular formula is C22H26N2O6S. The molecule has 166 valence electrons. The Morgan fingerprint density at radius 2 is 1.52 bits per heavy atom. The zero-order valence-electron chi connectivity index (χ0n) is 17.3. The average Bonchev–Trinajstić information content (AvgIpc) is 2.80. The van der Waals surface area contributed by atoms with Gasteiger partial charge in [0.1, 0.15) is 5.75 Å². The zero-order chi connectivity index (χ0) is 22.3. The maximum atomic E-state index is 12.7. The van der Waals surface area contributed by atoms with Crippen LogP contribution in [-0.4, -0.2) is 68.4 Å². The molecule has 0 spiro atoms. The summed E-state index contributed by atoms with van der Waals surface area (Å²) in [5.41, 5.74) is 0. The minimum atomic E-state index is -3.59. The van der Waals surface area contributed by atoms with Crippen LogP contribution in [0, 0.1) is 0 Å². The van der Waals surface area contributed by atoms with E-state index in [1.165, 1.54) is 16.1 Å². The number of rotatable bonds is 8. The standard InChI is InChI=1S/C22H26N2O6S/c1-18(30-21(25)12-17-29-19-8-4-2-5-9-19)22(26)23-13-15-24(16-14-23)31(27,28)20-10-6-3-7-11-20/h2-11,18H,12-17H2,1H3/t18-/m1/s1. The van der Waals surface area contributed by atoms with Crippen molar-refractivity contribution >= 4 is 21.9 Å². The van der Waals surface area contributed by atoms with E-state index in [0.717, 1.165) is 0 Å². The van der Waals surface area contributed by atoms with Crippen LogP contribution in [0.3, 0.4) is 0 Å². The summed E-state index contributed by atoms with van der Waals surface area (Å²) in [6.45, 7) is 2.53. The number of carbonyl (C=O) groups is 2. The van der Waals surface area contributed by atoms with Crippen LogP contribution in [0.25, 0.3) is 0 Å². The van der Waals surface area contributed by atoms with E-state index in [1.807, 2.05) is 18.2 Å². The number of carbonyl (C=O) groups excluding carboxylic acids is 2. The highest BCUT2D eigenvalue weighted by Gasteiger charge is 2.32. The molecule has 0 unspecified atom stereocenters. The summed E-state index contributed by atoms with van der Waals surface area (Å²) < 4.78 is 37.4. The molecule has 0 radical (unpaired) electrons. The van der Waals surface area contributed by atoms with Crippen molar-refractivity contribution in [3.8, 4) is 5.75 Å². The van der Waals surface area contributed by atoms with Gasteiger partial charge in [0.05, 0.1) is 17.9 Å². The molecular weight excluding hydrogens is 420 g/mol. The van der Waals surface area contributed by atoms with E-state index in [2.05, 4.69) is 0 Å². The summed E-state index contributed by atoms with van der Waals surface area (Å²) in [5.74, 6) is -0.209. The first-order chi connectivity index (χ1) is 14.9. The summed E-state index contributed by atoms with van der Waals surface area (Å²) in [7, 11) is -3.59. The molecule has 1 aliphatic rings. The maximum absolute atomic E-state index is 12.7. The van der Waals surface area contributed by atoms with Crippen LogP contribution in [-0.2, 0) is 24.3 Å². The van der Waals surface area contributed by atoms with Crippen molar-refractivity contribution in [3.05, 3.63) is 60.7 Å². The molecule has 2 aromatic carbocycles. The molecule has 0 N–H and O–H groups in total. The van der Waals surface area contributed by atoms with E-state index < -0.39 is 22.1 Å². The van der Waals surface area contributed by atoms with Gasteiger partial charge in [-0.15, -0.1) is 0 Å². The molecule has 8 nitrogen and oxygen atoms in total. The number of nitrogens with zero attached hydrogens (tertiary/aromatic N) is 2. The van der Waals surface area contributed by atoms with Gasteiger partial charge in [-0.05, 0) is 31.2 Å². The SMILES string of the molecule is C[C@@H](OC(=O)CCOc1ccccc1)C(=O)N1CCN(S(=O)(=O)c2ccccc2)CC1. The predicted molar refractivity (Wildman–Crippen MR) is 114 cm³/mol. The summed E-state index contributed by atoms with van der Waals surface area (Å²) in [5, 5.41) is 0. The normalized spacial score (nSPS) is 15.8. The van der Waals surface area contributed by atoms with Gasteiger partial charge in [0, 0.05) is 26.2 Å². The summed E-state index contributed by atoms with van der Waals surface area (Å²) >= 11 is 0. The van der Waals surface area contributed by atoms with Gasteiger partial charge in [-0.25, -0.2) is 8.42 Å². The van der Waals surface area contributed by atoms with Gasteiger partial charge in [0.2, 0.25) is 10.0 Å². The van der Waals surface area contributed by atoms with Crippen LogP contribution in [0.1, 0.15) is 13.3 Å². The second-order valence-electron chi connectivity index (χ2n) is 7.09. The van der Waals surface area contributed by atoms with Gasteiger partial charge in [-0.1, -0.05) is 36.4 Å². The molecule has 1 heterocycles. The number of hydrogen-bond donors (Lipinski definition) is 0. The third kappa shape index (κ3) is 6.05. The Hall–Kier alpha value is -2.91. The third-order valence-corrected chi connectivity index (χ3v) is 6.82. The number of esters is 1. The number of hydrogen-bond acceptors (Lipinski definition) is 6. The molecule has 1 aliphatic heterocycles. The van der Waals surface area contributed by atoms with Gasteiger partial charge in [0.15, 0.2) is 6.10 Å². The highest BCUT2D eigenvalue weighted by Crippen LogP contribution is 2.18. The molecule has 1 amide bonds. The molecule has 0 bridgehead atoms. The van der Waals surface area contributed by atoms with E-state index in [0.29, 0.717) is 5.75 Å². The Morgan fingerprint density at radius 1 is 0.935 bits per heavy atom. The Morgan fingerprint density at radius 3 is 2.13 bits per heavy atom. The van der Waals surface area contributed by atoms with E-state index in [4.69, 9.17) is 9.47 Å². The molecule has 1 fully saturated rings. The third-order valence-electron chi connectivity index (χ3n) is 4.91. The van der Waals surface area contributed by atoms with Gasteiger partial charge in [0.25, 0.3) is 5.91 Å². The fourth-order valence-electron chi connectivity index (χ4n) is 3.22. The largest absolute Gasteiger partial charge is 0.493 e. The molecule has 2 aromatic rings. The summed E-state index contributed by atoms with van der Waals surface area (Å²) in [6.07, 6.45) is -0.920. The quantitative estimate of drug-likeness (QED) is 0.575. The summed E-state index contributed by atoms with van der Waals surface area (Å²) in [6, 6.07) is 17.3. The topological polar surface area (TPSA) is 93.2 Å². The van der Waals surface area contributed by atoms with E-state index >= 15 is 0 Å². The smallest absolute Gasteiger partial charge is 0.310 e. The van der Waals surface area contributed by atoms with E-state index in [1.54, 1.807) is 42.5 Å². The van der Waals surface area contributed by atoms with Crippen molar-refractivity contribution in [1.82, 2.24) is 9.21 Å². The van der Waals surface area contributed by atoms with Crippen molar-refractivity contribution in [2.45, 2.75) is 24.3 Å². The van der Waals surface area contributed by atoms with Gasteiger partial charge >= 0.3 is 5.97 Å². The van der Waals surface area contributed by atoms with Crippen LogP contribution >= 0.6 is 0 Å². The van der Waals surface area contributed by atoms with E-state index in [-0.39, 0.29) is 50.0 Å². The number of benzene rings is 2. The second-order valence-corrected chi connectivity index (χ2v) is 9.02. The fraction of sp³-hybridized carbons (Fsp3) is 0.364. The number of ether oxygens (including phenoxy) is 2. The maximum Gasteiger partial charge on any atom is 0.310 e. The number of para-hydroxylation sites is 1. The second kappa shape index (κ2) is 10.4. The molecule has 3 rings (SSSR count). The van der Waals surface area contributed by atoms with Gasteiger partial charge in [-0.3, -0.25) is 9.59 Å². The van der Waals surface area contributed by atoms with Crippen molar-refractivity contribution in [3.63, 3.8) is 0 Å². The number of amides is 1. The fourth-order valence-corrected chi connectivity index (χ4v) is 4.67.